The summed E-state index contributed by atoms with van der Waals surface area (Å²) >= 11 is 3.08. The van der Waals surface area contributed by atoms with E-state index < -0.39 is 5.41 Å². The lowest BCUT2D eigenvalue weighted by Crippen LogP contribution is -2.40. The maximum Gasteiger partial charge on any atom is 0.244 e. The molecule has 18 heavy (non-hydrogen) atoms. The summed E-state index contributed by atoms with van der Waals surface area (Å²) in [6.07, 6.45) is 2.08. The summed E-state index contributed by atoms with van der Waals surface area (Å²) in [5.74, 6) is -0.665. The van der Waals surface area contributed by atoms with Crippen molar-refractivity contribution in [3.8, 4) is 6.07 Å². The Balaban J connectivity index is 2.22. The van der Waals surface area contributed by atoms with Crippen LogP contribution in [-0.2, 0) is 4.79 Å². The van der Waals surface area contributed by atoms with Crippen LogP contribution in [0.5, 0.6) is 0 Å². The van der Waals surface area contributed by atoms with Gasteiger partial charge in [-0.3, -0.25) is 4.79 Å². The molecule has 0 radical (unpaired) electrons. The minimum absolute atomic E-state index is 0.294. The molecule has 1 aliphatic carbocycles. The Hall–Kier alpha value is -1.41. The van der Waals surface area contributed by atoms with Gasteiger partial charge in [-0.2, -0.15) is 5.26 Å². The SMILES string of the molecule is Cc1cc(F)c(Br)cc1NC(=O)C1(C#N)CCC1. The van der Waals surface area contributed by atoms with Gasteiger partial charge in [-0.25, -0.2) is 4.39 Å². The van der Waals surface area contributed by atoms with Gasteiger partial charge >= 0.3 is 0 Å². The van der Waals surface area contributed by atoms with E-state index in [1.807, 2.05) is 0 Å². The zero-order chi connectivity index (χ0) is 13.3. The molecule has 2 rings (SSSR count). The Bertz CT molecular complexity index is 547. The summed E-state index contributed by atoms with van der Waals surface area (Å²) in [6.45, 7) is 1.71. The molecule has 1 aromatic carbocycles. The average Bonchev–Trinajstić information content (AvgIpc) is 2.25. The standard InChI is InChI=1S/C13H12BrFN2O/c1-8-5-10(15)9(14)6-11(8)17-12(18)13(7-16)3-2-4-13/h5-6H,2-4H2,1H3,(H,17,18). The number of hydrogen-bond donors (Lipinski definition) is 1. The van der Waals surface area contributed by atoms with Gasteiger partial charge in [-0.05, 0) is 59.8 Å². The first kappa shape index (κ1) is 13.0. The molecule has 1 aliphatic rings. The first-order chi connectivity index (χ1) is 8.48. The van der Waals surface area contributed by atoms with Gasteiger partial charge in [0.15, 0.2) is 0 Å². The van der Waals surface area contributed by atoms with Crippen LogP contribution in [0, 0.1) is 29.5 Å². The molecule has 0 bridgehead atoms. The number of nitriles is 1. The van der Waals surface area contributed by atoms with Crippen molar-refractivity contribution in [2.75, 3.05) is 5.32 Å². The van der Waals surface area contributed by atoms with E-state index in [-0.39, 0.29) is 11.7 Å². The van der Waals surface area contributed by atoms with E-state index in [1.54, 1.807) is 6.92 Å². The summed E-state index contributed by atoms with van der Waals surface area (Å²) in [6, 6.07) is 4.95. The molecule has 1 saturated carbocycles. The molecule has 1 N–H and O–H groups in total. The van der Waals surface area contributed by atoms with Crippen molar-refractivity contribution >= 4 is 27.5 Å². The first-order valence-electron chi connectivity index (χ1n) is 5.67. The number of hydrogen-bond acceptors (Lipinski definition) is 2. The smallest absolute Gasteiger partial charge is 0.244 e. The van der Waals surface area contributed by atoms with Crippen molar-refractivity contribution in [3.63, 3.8) is 0 Å². The van der Waals surface area contributed by atoms with E-state index in [2.05, 4.69) is 27.3 Å². The Labute approximate surface area is 113 Å². The van der Waals surface area contributed by atoms with Gasteiger partial charge in [-0.1, -0.05) is 0 Å². The molecular formula is C13H12BrFN2O. The van der Waals surface area contributed by atoms with Gasteiger partial charge in [0.1, 0.15) is 11.2 Å². The molecular weight excluding hydrogens is 299 g/mol. The molecule has 1 aromatic rings. The number of benzene rings is 1. The van der Waals surface area contributed by atoms with Crippen LogP contribution >= 0.6 is 15.9 Å². The highest BCUT2D eigenvalue weighted by Gasteiger charge is 2.44. The third-order valence-electron chi connectivity index (χ3n) is 3.37. The second-order valence-electron chi connectivity index (χ2n) is 4.58. The summed E-state index contributed by atoms with van der Waals surface area (Å²) in [7, 11) is 0. The lowest BCUT2D eigenvalue weighted by atomic mass is 9.69. The molecule has 5 heteroatoms. The van der Waals surface area contributed by atoms with Gasteiger partial charge in [0, 0.05) is 5.69 Å². The number of nitrogens with one attached hydrogen (secondary N) is 1. The van der Waals surface area contributed by atoms with E-state index in [4.69, 9.17) is 5.26 Å². The highest BCUT2D eigenvalue weighted by atomic mass is 79.9. The highest BCUT2D eigenvalue weighted by Crippen LogP contribution is 2.41. The van der Waals surface area contributed by atoms with Crippen LogP contribution in [0.1, 0.15) is 24.8 Å². The summed E-state index contributed by atoms with van der Waals surface area (Å²) < 4.78 is 13.6. The Morgan fingerprint density at radius 1 is 1.56 bits per heavy atom. The van der Waals surface area contributed by atoms with Crippen LogP contribution in [0.4, 0.5) is 10.1 Å². The van der Waals surface area contributed by atoms with E-state index >= 15 is 0 Å². The molecule has 94 valence electrons. The molecule has 1 fully saturated rings. The fraction of sp³-hybridized carbons (Fsp3) is 0.385. The Kier molecular flexibility index (Phi) is 3.40. The van der Waals surface area contributed by atoms with E-state index in [0.717, 1.165) is 6.42 Å². The van der Waals surface area contributed by atoms with Crippen molar-refractivity contribution in [3.05, 3.63) is 28.0 Å². The van der Waals surface area contributed by atoms with Crippen molar-refractivity contribution in [1.29, 1.82) is 5.26 Å². The molecule has 0 aromatic heterocycles. The molecule has 0 saturated heterocycles. The maximum atomic E-state index is 13.3. The van der Waals surface area contributed by atoms with Crippen molar-refractivity contribution in [2.24, 2.45) is 5.41 Å². The number of halogens is 2. The number of nitrogens with zero attached hydrogens (tertiary/aromatic N) is 1. The van der Waals surface area contributed by atoms with E-state index in [1.165, 1.54) is 12.1 Å². The van der Waals surface area contributed by atoms with Crippen LogP contribution in [0.2, 0.25) is 0 Å². The van der Waals surface area contributed by atoms with E-state index in [0.29, 0.717) is 28.6 Å². The molecule has 0 atom stereocenters. The quantitative estimate of drug-likeness (QED) is 0.908. The Morgan fingerprint density at radius 3 is 2.72 bits per heavy atom. The third kappa shape index (κ3) is 2.13. The van der Waals surface area contributed by atoms with Crippen molar-refractivity contribution in [1.82, 2.24) is 0 Å². The van der Waals surface area contributed by atoms with Crippen molar-refractivity contribution < 1.29 is 9.18 Å². The summed E-state index contributed by atoms with van der Waals surface area (Å²) in [5, 5.41) is 11.8. The number of carbonyl (C=O) groups is 1. The second-order valence-corrected chi connectivity index (χ2v) is 5.44. The summed E-state index contributed by atoms with van der Waals surface area (Å²) in [5.41, 5.74) is 0.277. The predicted octanol–water partition coefficient (Wildman–Crippen LogP) is 3.53. The zero-order valence-electron chi connectivity index (χ0n) is 9.89. The van der Waals surface area contributed by atoms with Crippen LogP contribution in [0.25, 0.3) is 0 Å². The lowest BCUT2D eigenvalue weighted by molar-refractivity contribution is -0.126. The van der Waals surface area contributed by atoms with Gasteiger partial charge in [0.2, 0.25) is 5.91 Å². The average molecular weight is 311 g/mol. The van der Waals surface area contributed by atoms with Crippen LogP contribution < -0.4 is 5.32 Å². The number of amides is 1. The highest BCUT2D eigenvalue weighted by molar-refractivity contribution is 9.10. The maximum absolute atomic E-state index is 13.3. The fourth-order valence-electron chi connectivity index (χ4n) is 1.94. The number of aryl methyl sites for hydroxylation is 1. The minimum atomic E-state index is -0.896. The molecule has 1 amide bonds. The fourth-order valence-corrected chi connectivity index (χ4v) is 2.29. The van der Waals surface area contributed by atoms with Gasteiger partial charge < -0.3 is 5.32 Å². The molecule has 0 aliphatic heterocycles. The van der Waals surface area contributed by atoms with Crippen LogP contribution in [0.15, 0.2) is 16.6 Å². The molecule has 0 heterocycles. The largest absolute Gasteiger partial charge is 0.324 e. The minimum Gasteiger partial charge on any atom is -0.324 e. The third-order valence-corrected chi connectivity index (χ3v) is 3.98. The molecule has 0 unspecified atom stereocenters. The zero-order valence-corrected chi connectivity index (χ0v) is 11.5. The van der Waals surface area contributed by atoms with Crippen molar-refractivity contribution in [2.45, 2.75) is 26.2 Å². The van der Waals surface area contributed by atoms with E-state index in [9.17, 15) is 9.18 Å². The van der Waals surface area contributed by atoms with Gasteiger partial charge in [0.25, 0.3) is 0 Å². The number of anilines is 1. The molecule has 0 spiro atoms. The van der Waals surface area contributed by atoms with Crippen LogP contribution in [0.3, 0.4) is 0 Å². The monoisotopic (exact) mass is 310 g/mol. The summed E-state index contributed by atoms with van der Waals surface area (Å²) in [4.78, 5) is 12.1. The predicted molar refractivity (Wildman–Crippen MR) is 69.4 cm³/mol. The number of carbonyl (C=O) groups excluding carboxylic acids is 1. The second kappa shape index (κ2) is 4.69. The van der Waals surface area contributed by atoms with Gasteiger partial charge in [0.05, 0.1) is 10.5 Å². The lowest BCUT2D eigenvalue weighted by Gasteiger charge is -2.33. The van der Waals surface area contributed by atoms with Crippen LogP contribution in [-0.4, -0.2) is 5.91 Å². The van der Waals surface area contributed by atoms with Gasteiger partial charge in [-0.15, -0.1) is 0 Å². The topological polar surface area (TPSA) is 52.9 Å². The first-order valence-corrected chi connectivity index (χ1v) is 6.46. The normalized spacial score (nSPS) is 16.6. The number of rotatable bonds is 2. The molecule has 3 nitrogen and oxygen atoms in total. The Morgan fingerprint density at radius 2 is 2.22 bits per heavy atom.